The molecule has 0 N–H and O–H groups in total. The number of carbonyl (C=O) groups excluding carboxylic acids is 1. The van der Waals surface area contributed by atoms with Crippen molar-refractivity contribution < 1.29 is 4.79 Å². The van der Waals surface area contributed by atoms with Crippen molar-refractivity contribution in [2.75, 3.05) is 14.1 Å². The minimum atomic E-state index is -0.359. The van der Waals surface area contributed by atoms with Gasteiger partial charge >= 0.3 is 5.69 Å². The molecule has 0 aliphatic rings. The summed E-state index contributed by atoms with van der Waals surface area (Å²) in [4.78, 5) is 40.2. The van der Waals surface area contributed by atoms with Gasteiger partial charge in [0.25, 0.3) is 11.5 Å². The number of hydrogen-bond donors (Lipinski definition) is 0. The Morgan fingerprint density at radius 2 is 1.34 bits per heavy atom. The second-order valence-corrected chi connectivity index (χ2v) is 8.16. The first-order chi connectivity index (χ1) is 15.3. The SMILES string of the molecule is Cc1ccc(Cn2c(=O)n(Cc3ccc(C(=O)N(C)C)cc3)c(=O)c3ccccc32)cc1. The molecule has 0 aliphatic carbocycles. The quantitative estimate of drug-likeness (QED) is 0.491. The van der Waals surface area contributed by atoms with E-state index in [1.165, 1.54) is 9.47 Å². The highest BCUT2D eigenvalue weighted by molar-refractivity contribution is 5.93. The molecule has 0 saturated carbocycles. The summed E-state index contributed by atoms with van der Waals surface area (Å²) in [5.74, 6) is -0.0973. The molecule has 3 aromatic carbocycles. The van der Waals surface area contributed by atoms with Crippen molar-refractivity contribution in [3.8, 4) is 0 Å². The predicted molar refractivity (Wildman–Crippen MR) is 126 cm³/mol. The Morgan fingerprint density at radius 1 is 0.781 bits per heavy atom. The zero-order chi connectivity index (χ0) is 22.8. The van der Waals surface area contributed by atoms with Crippen LogP contribution in [-0.2, 0) is 13.1 Å². The van der Waals surface area contributed by atoms with Crippen LogP contribution in [-0.4, -0.2) is 34.0 Å². The molecule has 1 amide bonds. The number of rotatable bonds is 5. The van der Waals surface area contributed by atoms with Crippen molar-refractivity contribution in [3.63, 3.8) is 0 Å². The molecule has 0 spiro atoms. The van der Waals surface area contributed by atoms with Gasteiger partial charge in [-0.2, -0.15) is 0 Å². The van der Waals surface area contributed by atoms with Crippen molar-refractivity contribution >= 4 is 16.8 Å². The molecule has 0 radical (unpaired) electrons. The van der Waals surface area contributed by atoms with Gasteiger partial charge in [-0.3, -0.25) is 18.7 Å². The van der Waals surface area contributed by atoms with E-state index in [4.69, 9.17) is 0 Å². The van der Waals surface area contributed by atoms with Gasteiger partial charge in [-0.1, -0.05) is 54.1 Å². The molecule has 1 heterocycles. The molecule has 4 rings (SSSR count). The monoisotopic (exact) mass is 427 g/mol. The number of nitrogens with zero attached hydrogens (tertiary/aromatic N) is 3. The second-order valence-electron chi connectivity index (χ2n) is 8.16. The van der Waals surface area contributed by atoms with Crippen molar-refractivity contribution in [2.24, 2.45) is 0 Å². The summed E-state index contributed by atoms with van der Waals surface area (Å²) in [6, 6.07) is 22.2. The highest BCUT2D eigenvalue weighted by atomic mass is 16.2. The molecule has 4 aromatic rings. The Bertz CT molecular complexity index is 1400. The number of amides is 1. The summed E-state index contributed by atoms with van der Waals surface area (Å²) >= 11 is 0. The first-order valence-electron chi connectivity index (χ1n) is 10.4. The van der Waals surface area contributed by atoms with Crippen LogP contribution in [0.4, 0.5) is 0 Å². The molecular formula is C26H25N3O3. The topological polar surface area (TPSA) is 64.3 Å². The minimum absolute atomic E-state index is 0.0973. The summed E-state index contributed by atoms with van der Waals surface area (Å²) in [7, 11) is 3.39. The van der Waals surface area contributed by atoms with Gasteiger partial charge in [0.1, 0.15) is 0 Å². The molecule has 0 atom stereocenters. The molecule has 6 heteroatoms. The fourth-order valence-corrected chi connectivity index (χ4v) is 3.73. The lowest BCUT2D eigenvalue weighted by Gasteiger charge is -2.15. The Balaban J connectivity index is 1.78. The molecule has 0 unspecified atom stereocenters. The number of hydrogen-bond acceptors (Lipinski definition) is 3. The van der Waals surface area contributed by atoms with E-state index in [-0.39, 0.29) is 23.7 Å². The standard InChI is InChI=1S/C26H25N3O3/c1-18-8-10-19(11-9-18)16-28-23-7-5-4-6-22(23)25(31)29(26(28)32)17-20-12-14-21(15-13-20)24(30)27(2)3/h4-15H,16-17H2,1-3H3. The Kier molecular flexibility index (Phi) is 5.77. The van der Waals surface area contributed by atoms with E-state index in [1.807, 2.05) is 37.3 Å². The molecule has 1 aromatic heterocycles. The van der Waals surface area contributed by atoms with Gasteiger partial charge in [0.05, 0.1) is 24.0 Å². The second kappa shape index (κ2) is 8.67. The molecule has 6 nitrogen and oxygen atoms in total. The van der Waals surface area contributed by atoms with Crippen LogP contribution < -0.4 is 11.2 Å². The Morgan fingerprint density at radius 3 is 1.97 bits per heavy atom. The summed E-state index contributed by atoms with van der Waals surface area (Å²) in [6.45, 7) is 2.52. The molecule has 0 saturated heterocycles. The van der Waals surface area contributed by atoms with Gasteiger partial charge in [-0.25, -0.2) is 4.79 Å². The number of aromatic nitrogens is 2. The third-order valence-electron chi connectivity index (χ3n) is 5.54. The normalized spacial score (nSPS) is 11.0. The number of fused-ring (bicyclic) bond motifs is 1. The van der Waals surface area contributed by atoms with Crippen LogP contribution in [0.15, 0.2) is 82.4 Å². The number of aryl methyl sites for hydroxylation is 1. The van der Waals surface area contributed by atoms with E-state index in [0.29, 0.717) is 23.0 Å². The van der Waals surface area contributed by atoms with E-state index < -0.39 is 0 Å². The summed E-state index contributed by atoms with van der Waals surface area (Å²) < 4.78 is 2.91. The van der Waals surface area contributed by atoms with Gasteiger partial charge < -0.3 is 4.90 Å². The Labute approximate surface area is 186 Å². The highest BCUT2D eigenvalue weighted by Crippen LogP contribution is 2.12. The largest absolute Gasteiger partial charge is 0.345 e. The summed E-state index contributed by atoms with van der Waals surface area (Å²) in [6.07, 6.45) is 0. The highest BCUT2D eigenvalue weighted by Gasteiger charge is 2.14. The molecule has 0 fully saturated rings. The lowest BCUT2D eigenvalue weighted by atomic mass is 10.1. The fraction of sp³-hybridized carbons (Fsp3) is 0.192. The van der Waals surface area contributed by atoms with E-state index in [1.54, 1.807) is 61.1 Å². The van der Waals surface area contributed by atoms with E-state index >= 15 is 0 Å². The van der Waals surface area contributed by atoms with Crippen LogP contribution in [0.25, 0.3) is 10.9 Å². The van der Waals surface area contributed by atoms with Crippen LogP contribution in [0.1, 0.15) is 27.0 Å². The lowest BCUT2D eigenvalue weighted by molar-refractivity contribution is 0.0827. The van der Waals surface area contributed by atoms with Gasteiger partial charge in [0.15, 0.2) is 0 Å². The maximum Gasteiger partial charge on any atom is 0.332 e. The first-order valence-corrected chi connectivity index (χ1v) is 10.4. The van der Waals surface area contributed by atoms with Crippen LogP contribution in [0, 0.1) is 6.92 Å². The molecule has 0 aliphatic heterocycles. The third-order valence-corrected chi connectivity index (χ3v) is 5.54. The first kappa shape index (κ1) is 21.3. The van der Waals surface area contributed by atoms with E-state index in [2.05, 4.69) is 0 Å². The van der Waals surface area contributed by atoms with Gasteiger partial charge in [-0.05, 0) is 42.3 Å². The third kappa shape index (κ3) is 4.12. The number of carbonyl (C=O) groups is 1. The van der Waals surface area contributed by atoms with E-state index in [9.17, 15) is 14.4 Å². The lowest BCUT2D eigenvalue weighted by Crippen LogP contribution is -2.40. The maximum absolute atomic E-state index is 13.4. The van der Waals surface area contributed by atoms with Crippen molar-refractivity contribution in [2.45, 2.75) is 20.0 Å². The fourth-order valence-electron chi connectivity index (χ4n) is 3.73. The number of para-hydroxylation sites is 1. The molecule has 162 valence electrons. The van der Waals surface area contributed by atoms with Gasteiger partial charge in [-0.15, -0.1) is 0 Å². The van der Waals surface area contributed by atoms with Crippen molar-refractivity contribution in [3.05, 3.63) is 116 Å². The van der Waals surface area contributed by atoms with Crippen LogP contribution in [0.5, 0.6) is 0 Å². The van der Waals surface area contributed by atoms with E-state index in [0.717, 1.165) is 16.7 Å². The van der Waals surface area contributed by atoms with Gasteiger partial charge in [0, 0.05) is 19.7 Å². The van der Waals surface area contributed by atoms with Gasteiger partial charge in [0.2, 0.25) is 0 Å². The number of benzene rings is 3. The summed E-state index contributed by atoms with van der Waals surface area (Å²) in [5.41, 5.74) is 3.40. The van der Waals surface area contributed by atoms with Crippen LogP contribution in [0.2, 0.25) is 0 Å². The molecule has 32 heavy (non-hydrogen) atoms. The molecular weight excluding hydrogens is 402 g/mol. The van der Waals surface area contributed by atoms with Crippen LogP contribution >= 0.6 is 0 Å². The maximum atomic E-state index is 13.4. The molecule has 0 bridgehead atoms. The minimum Gasteiger partial charge on any atom is -0.345 e. The van der Waals surface area contributed by atoms with Crippen molar-refractivity contribution in [1.29, 1.82) is 0 Å². The predicted octanol–water partition coefficient (Wildman–Crippen LogP) is 3.27. The van der Waals surface area contributed by atoms with Crippen molar-refractivity contribution in [1.82, 2.24) is 14.0 Å². The zero-order valence-corrected chi connectivity index (χ0v) is 18.4. The van der Waals surface area contributed by atoms with Crippen LogP contribution in [0.3, 0.4) is 0 Å². The Hall–Kier alpha value is -3.93. The smallest absolute Gasteiger partial charge is 0.332 e. The average molecular weight is 428 g/mol. The average Bonchev–Trinajstić information content (AvgIpc) is 2.80. The zero-order valence-electron chi connectivity index (χ0n) is 18.4. The summed E-state index contributed by atoms with van der Waals surface area (Å²) in [5, 5.41) is 0.499.